The molecule has 0 radical (unpaired) electrons. The first-order valence-electron chi connectivity index (χ1n) is 5.65. The van der Waals surface area contributed by atoms with Crippen LogP contribution in [0.2, 0.25) is 0 Å². The number of benzene rings is 1. The number of aryl methyl sites for hydroxylation is 1. The van der Waals surface area contributed by atoms with Crippen molar-refractivity contribution in [3.63, 3.8) is 0 Å². The summed E-state index contributed by atoms with van der Waals surface area (Å²) in [6.45, 7) is 3.87. The predicted octanol–water partition coefficient (Wildman–Crippen LogP) is 2.84. The van der Waals surface area contributed by atoms with E-state index in [1.807, 2.05) is 30.8 Å². The summed E-state index contributed by atoms with van der Waals surface area (Å²) < 4.78 is 3.08. The van der Waals surface area contributed by atoms with E-state index >= 15 is 0 Å². The van der Waals surface area contributed by atoms with Crippen LogP contribution in [-0.4, -0.2) is 23.4 Å². The summed E-state index contributed by atoms with van der Waals surface area (Å²) in [5, 5.41) is 7.64. The van der Waals surface area contributed by atoms with Crippen molar-refractivity contribution in [2.45, 2.75) is 13.5 Å². The molecule has 0 atom stereocenters. The Morgan fingerprint density at radius 3 is 2.94 bits per heavy atom. The standard InChI is InChI=1S/C13H16BrN3/c1-10-13(9-17(16-10)7-6-15-2)11-4-3-5-12(14)8-11/h3-5,8-9,15H,6-7H2,1-2H3. The first-order valence-corrected chi connectivity index (χ1v) is 6.44. The monoisotopic (exact) mass is 293 g/mol. The molecule has 2 rings (SSSR count). The van der Waals surface area contributed by atoms with Crippen molar-refractivity contribution in [3.8, 4) is 11.1 Å². The fourth-order valence-electron chi connectivity index (χ4n) is 1.80. The molecular weight excluding hydrogens is 278 g/mol. The van der Waals surface area contributed by atoms with Gasteiger partial charge in [0.05, 0.1) is 12.2 Å². The SMILES string of the molecule is CNCCn1cc(-c2cccc(Br)c2)c(C)n1. The van der Waals surface area contributed by atoms with Crippen molar-refractivity contribution < 1.29 is 0 Å². The molecule has 1 heterocycles. The zero-order chi connectivity index (χ0) is 12.3. The van der Waals surface area contributed by atoms with Gasteiger partial charge in [-0.25, -0.2) is 0 Å². The minimum atomic E-state index is 0.894. The molecule has 1 aromatic heterocycles. The molecule has 1 N–H and O–H groups in total. The van der Waals surface area contributed by atoms with Crippen LogP contribution in [0, 0.1) is 6.92 Å². The molecule has 4 heteroatoms. The third-order valence-corrected chi connectivity index (χ3v) is 3.17. The van der Waals surface area contributed by atoms with Crippen molar-refractivity contribution in [3.05, 3.63) is 40.6 Å². The van der Waals surface area contributed by atoms with E-state index in [2.05, 4.69) is 44.7 Å². The molecule has 0 saturated heterocycles. The fourth-order valence-corrected chi connectivity index (χ4v) is 2.20. The van der Waals surface area contributed by atoms with E-state index in [1.54, 1.807) is 0 Å². The van der Waals surface area contributed by atoms with Crippen LogP contribution in [0.1, 0.15) is 5.69 Å². The lowest BCUT2D eigenvalue weighted by Gasteiger charge is -2.00. The average molecular weight is 294 g/mol. The van der Waals surface area contributed by atoms with Gasteiger partial charge in [0.1, 0.15) is 0 Å². The zero-order valence-corrected chi connectivity index (χ0v) is 11.7. The van der Waals surface area contributed by atoms with Crippen LogP contribution in [0.25, 0.3) is 11.1 Å². The number of nitrogens with one attached hydrogen (secondary N) is 1. The smallest absolute Gasteiger partial charge is 0.0672 e. The van der Waals surface area contributed by atoms with Crippen molar-refractivity contribution >= 4 is 15.9 Å². The highest BCUT2D eigenvalue weighted by Crippen LogP contribution is 2.25. The van der Waals surface area contributed by atoms with Gasteiger partial charge in [-0.15, -0.1) is 0 Å². The molecule has 1 aromatic carbocycles. The molecular formula is C13H16BrN3. The van der Waals surface area contributed by atoms with Gasteiger partial charge in [-0.2, -0.15) is 5.10 Å². The Labute approximate surface area is 110 Å². The summed E-state index contributed by atoms with van der Waals surface area (Å²) >= 11 is 3.50. The number of nitrogens with zero attached hydrogens (tertiary/aromatic N) is 2. The van der Waals surface area contributed by atoms with E-state index in [9.17, 15) is 0 Å². The quantitative estimate of drug-likeness (QED) is 0.939. The average Bonchev–Trinajstić information content (AvgIpc) is 2.68. The molecule has 90 valence electrons. The van der Waals surface area contributed by atoms with Crippen LogP contribution < -0.4 is 5.32 Å². The Hall–Kier alpha value is -1.13. The number of hydrogen-bond donors (Lipinski definition) is 1. The maximum Gasteiger partial charge on any atom is 0.0672 e. The molecule has 0 aliphatic heterocycles. The van der Waals surface area contributed by atoms with E-state index in [1.165, 1.54) is 11.1 Å². The summed E-state index contributed by atoms with van der Waals surface area (Å²) in [6, 6.07) is 8.30. The molecule has 0 spiro atoms. The number of rotatable bonds is 4. The van der Waals surface area contributed by atoms with Gasteiger partial charge in [-0.3, -0.25) is 4.68 Å². The summed E-state index contributed by atoms with van der Waals surface area (Å²) in [6.07, 6.45) is 2.11. The molecule has 0 saturated carbocycles. The highest BCUT2D eigenvalue weighted by Gasteiger charge is 2.07. The first kappa shape index (κ1) is 12.3. The van der Waals surface area contributed by atoms with E-state index in [-0.39, 0.29) is 0 Å². The summed E-state index contributed by atoms with van der Waals surface area (Å²) in [5.74, 6) is 0. The Balaban J connectivity index is 2.29. The van der Waals surface area contributed by atoms with Gasteiger partial charge in [0.15, 0.2) is 0 Å². The molecule has 0 amide bonds. The van der Waals surface area contributed by atoms with Crippen molar-refractivity contribution in [2.24, 2.45) is 0 Å². The van der Waals surface area contributed by atoms with Gasteiger partial charge in [-0.05, 0) is 31.7 Å². The van der Waals surface area contributed by atoms with Crippen molar-refractivity contribution in [2.75, 3.05) is 13.6 Å². The number of aromatic nitrogens is 2. The van der Waals surface area contributed by atoms with E-state index in [0.29, 0.717) is 0 Å². The molecule has 0 fully saturated rings. The van der Waals surface area contributed by atoms with Gasteiger partial charge in [0.25, 0.3) is 0 Å². The van der Waals surface area contributed by atoms with Crippen molar-refractivity contribution in [1.82, 2.24) is 15.1 Å². The summed E-state index contributed by atoms with van der Waals surface area (Å²) in [4.78, 5) is 0. The molecule has 0 aliphatic carbocycles. The fraction of sp³-hybridized carbons (Fsp3) is 0.308. The van der Waals surface area contributed by atoms with Crippen LogP contribution >= 0.6 is 15.9 Å². The minimum Gasteiger partial charge on any atom is -0.318 e. The van der Waals surface area contributed by atoms with Gasteiger partial charge >= 0.3 is 0 Å². The van der Waals surface area contributed by atoms with Crippen LogP contribution in [0.3, 0.4) is 0 Å². The maximum atomic E-state index is 4.52. The van der Waals surface area contributed by atoms with E-state index < -0.39 is 0 Å². The molecule has 0 bridgehead atoms. The van der Waals surface area contributed by atoms with Gasteiger partial charge in [0.2, 0.25) is 0 Å². The summed E-state index contributed by atoms with van der Waals surface area (Å²) in [7, 11) is 1.95. The lowest BCUT2D eigenvalue weighted by Crippen LogP contribution is -2.15. The lowest BCUT2D eigenvalue weighted by molar-refractivity contribution is 0.581. The highest BCUT2D eigenvalue weighted by molar-refractivity contribution is 9.10. The van der Waals surface area contributed by atoms with Crippen LogP contribution in [0.5, 0.6) is 0 Å². The van der Waals surface area contributed by atoms with Gasteiger partial charge in [0, 0.05) is 22.8 Å². The highest BCUT2D eigenvalue weighted by atomic mass is 79.9. The second-order valence-electron chi connectivity index (χ2n) is 4.01. The van der Waals surface area contributed by atoms with E-state index in [4.69, 9.17) is 0 Å². The Bertz CT molecular complexity index is 505. The van der Waals surface area contributed by atoms with Crippen LogP contribution in [-0.2, 0) is 6.54 Å². The summed E-state index contributed by atoms with van der Waals surface area (Å²) in [5.41, 5.74) is 3.47. The molecule has 2 aromatic rings. The number of halogens is 1. The number of likely N-dealkylation sites (N-methyl/N-ethyl adjacent to an activating group) is 1. The van der Waals surface area contributed by atoms with Gasteiger partial charge in [-0.1, -0.05) is 28.1 Å². The largest absolute Gasteiger partial charge is 0.318 e. The first-order chi connectivity index (χ1) is 8.20. The Morgan fingerprint density at radius 2 is 2.24 bits per heavy atom. The Kier molecular flexibility index (Phi) is 3.97. The molecule has 0 aliphatic rings. The number of hydrogen-bond acceptors (Lipinski definition) is 2. The minimum absolute atomic E-state index is 0.894. The van der Waals surface area contributed by atoms with Crippen LogP contribution in [0.15, 0.2) is 34.9 Å². The predicted molar refractivity (Wildman–Crippen MR) is 74.0 cm³/mol. The van der Waals surface area contributed by atoms with E-state index in [0.717, 1.165) is 23.3 Å². The third-order valence-electron chi connectivity index (χ3n) is 2.67. The molecule has 0 unspecified atom stereocenters. The molecule has 3 nitrogen and oxygen atoms in total. The normalized spacial score (nSPS) is 10.8. The Morgan fingerprint density at radius 1 is 1.41 bits per heavy atom. The topological polar surface area (TPSA) is 29.9 Å². The second kappa shape index (κ2) is 5.47. The zero-order valence-electron chi connectivity index (χ0n) is 10.1. The third kappa shape index (κ3) is 2.96. The maximum absolute atomic E-state index is 4.52. The van der Waals surface area contributed by atoms with Crippen LogP contribution in [0.4, 0.5) is 0 Å². The molecule has 17 heavy (non-hydrogen) atoms. The van der Waals surface area contributed by atoms with Gasteiger partial charge < -0.3 is 5.32 Å². The second-order valence-corrected chi connectivity index (χ2v) is 4.92. The van der Waals surface area contributed by atoms with Crippen molar-refractivity contribution in [1.29, 1.82) is 0 Å². The lowest BCUT2D eigenvalue weighted by atomic mass is 10.1.